The summed E-state index contributed by atoms with van der Waals surface area (Å²) in [6.45, 7) is 6.43. The molecule has 0 bridgehead atoms. The predicted molar refractivity (Wildman–Crippen MR) is 189 cm³/mol. The number of benzene rings is 1. The van der Waals surface area contributed by atoms with Crippen molar-refractivity contribution in [3.63, 3.8) is 0 Å². The number of aliphatic carboxylic acids is 1. The third kappa shape index (κ3) is 20.5. The third-order valence-corrected chi connectivity index (χ3v) is 7.68. The number of nitrogens with one attached hydrogen (secondary N) is 1. The molecule has 0 saturated heterocycles. The minimum atomic E-state index is -1.51. The molecule has 4 atom stereocenters. The van der Waals surface area contributed by atoms with Crippen LogP contribution in [0.1, 0.15) is 104 Å². The molecular formula is C38H55NO12. The van der Waals surface area contributed by atoms with Gasteiger partial charge in [0.05, 0.1) is 25.4 Å². The van der Waals surface area contributed by atoms with Crippen LogP contribution in [-0.2, 0) is 49.4 Å². The lowest BCUT2D eigenvalue weighted by molar-refractivity contribution is -0.188. The summed E-state index contributed by atoms with van der Waals surface area (Å²) in [5.41, 5.74) is 0.668. The summed E-state index contributed by atoms with van der Waals surface area (Å²) in [6.07, 6.45) is 9.03. The van der Waals surface area contributed by atoms with E-state index in [9.17, 15) is 33.9 Å². The van der Waals surface area contributed by atoms with Crippen LogP contribution in [0.15, 0.2) is 36.4 Å². The average molecular weight is 718 g/mol. The number of hydrogen-bond acceptors (Lipinski definition) is 10. The van der Waals surface area contributed by atoms with Crippen LogP contribution in [0.2, 0.25) is 0 Å². The maximum atomic E-state index is 13.8. The van der Waals surface area contributed by atoms with Gasteiger partial charge in [-0.3, -0.25) is 24.0 Å². The zero-order chi connectivity index (χ0) is 37.3. The van der Waals surface area contributed by atoms with E-state index in [-0.39, 0.29) is 24.3 Å². The summed E-state index contributed by atoms with van der Waals surface area (Å²) in [5.74, 6) is -1.17. The first kappa shape index (κ1) is 46.3. The fraction of sp³-hybridized carbons (Fsp3) is 0.579. The quantitative estimate of drug-likeness (QED) is 0.0468. The fourth-order valence-electron chi connectivity index (χ4n) is 5.09. The van der Waals surface area contributed by atoms with E-state index in [1.54, 1.807) is 37.3 Å². The molecule has 13 nitrogen and oxygen atoms in total. The Bertz CT molecular complexity index is 1330. The van der Waals surface area contributed by atoms with E-state index >= 15 is 0 Å². The second-order valence-corrected chi connectivity index (χ2v) is 11.9. The Morgan fingerprint density at radius 2 is 1.57 bits per heavy atom. The number of unbranched alkanes of at least 4 members (excludes halogenated alkanes) is 6. The molecule has 51 heavy (non-hydrogen) atoms. The molecule has 0 aliphatic heterocycles. The van der Waals surface area contributed by atoms with Crippen LogP contribution in [0, 0.1) is 23.7 Å². The average Bonchev–Trinajstić information content (AvgIpc) is 3.06. The third-order valence-electron chi connectivity index (χ3n) is 7.68. The minimum Gasteiger partial charge on any atom is -0.481 e. The van der Waals surface area contributed by atoms with Crippen molar-refractivity contribution < 1.29 is 58.3 Å². The molecule has 0 aliphatic carbocycles. The topological polar surface area (TPSA) is 203 Å². The van der Waals surface area contributed by atoms with Gasteiger partial charge in [0.2, 0.25) is 12.2 Å². The van der Waals surface area contributed by atoms with Crippen LogP contribution in [0.3, 0.4) is 0 Å². The van der Waals surface area contributed by atoms with E-state index in [1.807, 2.05) is 0 Å². The van der Waals surface area contributed by atoms with Crippen LogP contribution in [0.25, 0.3) is 0 Å². The Hall–Kier alpha value is -4.70. The van der Waals surface area contributed by atoms with E-state index in [4.69, 9.17) is 18.9 Å². The number of esters is 3. The fourth-order valence-corrected chi connectivity index (χ4v) is 5.09. The van der Waals surface area contributed by atoms with Gasteiger partial charge in [0.25, 0.3) is 0 Å². The first-order chi connectivity index (χ1) is 23.9. The van der Waals surface area contributed by atoms with Gasteiger partial charge in [-0.25, -0.2) is 4.79 Å². The van der Waals surface area contributed by atoms with Crippen molar-refractivity contribution in [3.8, 4) is 17.6 Å². The number of amides is 1. The minimum absolute atomic E-state index is 0. The molecule has 0 saturated carbocycles. The zero-order valence-electron chi connectivity index (χ0n) is 30.5. The number of rotatable bonds is 25. The van der Waals surface area contributed by atoms with Crippen molar-refractivity contribution >= 4 is 35.6 Å². The first-order valence-electron chi connectivity index (χ1n) is 17.2. The summed E-state index contributed by atoms with van der Waals surface area (Å²) in [4.78, 5) is 75.1. The van der Waals surface area contributed by atoms with E-state index in [2.05, 4.69) is 24.1 Å². The van der Waals surface area contributed by atoms with Crippen molar-refractivity contribution in [2.45, 2.75) is 117 Å². The number of allylic oxidation sites excluding steroid dienone is 1. The molecule has 0 aromatic heterocycles. The highest BCUT2D eigenvalue weighted by Gasteiger charge is 2.37. The summed E-state index contributed by atoms with van der Waals surface area (Å²) in [7, 11) is 1.17. The van der Waals surface area contributed by atoms with Gasteiger partial charge in [-0.2, -0.15) is 0 Å². The van der Waals surface area contributed by atoms with E-state index in [1.165, 1.54) is 20.1 Å². The second-order valence-electron chi connectivity index (χ2n) is 11.9. The Labute approximate surface area is 301 Å². The largest absolute Gasteiger partial charge is 0.481 e. The highest BCUT2D eigenvalue weighted by molar-refractivity contribution is 5.91. The predicted octanol–water partition coefficient (Wildman–Crippen LogP) is 4.67. The summed E-state index contributed by atoms with van der Waals surface area (Å²) in [5, 5.41) is 12.3. The van der Waals surface area contributed by atoms with Crippen LogP contribution < -0.4 is 10.1 Å². The Morgan fingerprint density at radius 3 is 2.16 bits per heavy atom. The van der Waals surface area contributed by atoms with Crippen molar-refractivity contribution in [1.82, 2.24) is 5.32 Å². The number of carbonyl (C=O) groups is 6. The van der Waals surface area contributed by atoms with Crippen molar-refractivity contribution in [2.75, 3.05) is 13.7 Å². The zero-order valence-corrected chi connectivity index (χ0v) is 30.5. The number of methoxy groups -OCH3 is 1. The molecule has 1 aromatic rings. The van der Waals surface area contributed by atoms with Crippen LogP contribution in [0.4, 0.5) is 0 Å². The second kappa shape index (κ2) is 27.1. The Balaban J connectivity index is 0.0000250. The summed E-state index contributed by atoms with van der Waals surface area (Å²) < 4.78 is 20.5. The normalized spacial score (nSPS) is 12.9. The number of Topliss-reactive ketones (excluding diaryl/α,β-unsaturated/α-hetero) is 1. The first-order valence-corrected chi connectivity index (χ1v) is 17.2. The smallest absolute Gasteiger partial charge is 0.328 e. The summed E-state index contributed by atoms with van der Waals surface area (Å²) >= 11 is 0. The van der Waals surface area contributed by atoms with Gasteiger partial charge in [-0.15, -0.1) is 5.92 Å². The SMILES string of the molecule is CC#CCOc1ccc(C[C@H](NC(=O)[C@@H](/C=C/CCCCCCC(=O)CCCCC)[C@@H](CC(=O)O)C(=O)OC(C)OC(C)=O)C(=O)OC)cc1.O. The van der Waals surface area contributed by atoms with Crippen molar-refractivity contribution in [1.29, 1.82) is 0 Å². The number of ether oxygens (including phenoxy) is 4. The molecule has 13 heteroatoms. The highest BCUT2D eigenvalue weighted by atomic mass is 16.7. The van der Waals surface area contributed by atoms with Gasteiger partial charge < -0.3 is 34.8 Å². The van der Waals surface area contributed by atoms with Gasteiger partial charge in [-0.1, -0.05) is 62.8 Å². The lowest BCUT2D eigenvalue weighted by atomic mass is 9.87. The van der Waals surface area contributed by atoms with Crippen LogP contribution in [-0.4, -0.2) is 72.2 Å². The van der Waals surface area contributed by atoms with Crippen molar-refractivity contribution in [2.24, 2.45) is 11.8 Å². The molecule has 1 amide bonds. The Morgan fingerprint density at radius 1 is 0.922 bits per heavy atom. The molecule has 284 valence electrons. The van der Waals surface area contributed by atoms with E-state index in [0.29, 0.717) is 30.6 Å². The van der Waals surface area contributed by atoms with Gasteiger partial charge >= 0.3 is 23.9 Å². The highest BCUT2D eigenvalue weighted by Crippen LogP contribution is 2.23. The molecule has 4 N–H and O–H groups in total. The van der Waals surface area contributed by atoms with E-state index < -0.39 is 60.4 Å². The molecule has 0 heterocycles. The molecule has 0 fully saturated rings. The van der Waals surface area contributed by atoms with Gasteiger partial charge in [0.15, 0.2) is 0 Å². The molecule has 1 unspecified atom stereocenters. The van der Waals surface area contributed by atoms with Crippen LogP contribution in [0.5, 0.6) is 5.75 Å². The van der Waals surface area contributed by atoms with E-state index in [0.717, 1.165) is 51.9 Å². The molecule has 0 radical (unpaired) electrons. The number of hydrogen-bond donors (Lipinski definition) is 2. The van der Waals surface area contributed by atoms with Gasteiger partial charge in [0.1, 0.15) is 24.2 Å². The monoisotopic (exact) mass is 717 g/mol. The maximum absolute atomic E-state index is 13.8. The van der Waals surface area contributed by atoms with Crippen LogP contribution >= 0.6 is 0 Å². The lowest BCUT2D eigenvalue weighted by Crippen LogP contribution is -2.48. The lowest BCUT2D eigenvalue weighted by Gasteiger charge is -2.25. The number of carboxylic acid groups (broad SMARTS) is 1. The molecule has 1 rings (SSSR count). The van der Waals surface area contributed by atoms with Crippen molar-refractivity contribution in [3.05, 3.63) is 42.0 Å². The number of carboxylic acids is 1. The molecule has 0 aliphatic rings. The standard InChI is InChI=1S/C38H53NO11.H2O/c1-6-8-14-17-30(41)18-15-12-10-11-13-16-19-32(33(26-35(42)43)37(45)50-28(4)49-27(3)40)36(44)39-34(38(46)47-5)25-29-20-22-31(23-21-29)48-24-9-7-2;/h16,19-23,28,32-34H,6,8,10-15,17-18,24-26H2,1-5H3,(H,39,44)(H,42,43);1H2/b19-16+;/t28?,32-,33+,34-;/m0./s1. The number of ketones is 1. The molecule has 0 spiro atoms. The summed E-state index contributed by atoms with van der Waals surface area (Å²) in [6, 6.07) is 5.66. The van der Waals surface area contributed by atoms with Gasteiger partial charge in [-0.05, 0) is 50.3 Å². The molecular weight excluding hydrogens is 662 g/mol. The number of carbonyl (C=O) groups excluding carboxylic acids is 5. The Kier molecular flexibility index (Phi) is 24.6. The van der Waals surface area contributed by atoms with Gasteiger partial charge in [0, 0.05) is 33.1 Å². The molecule has 1 aromatic carbocycles. The maximum Gasteiger partial charge on any atom is 0.328 e.